The van der Waals surface area contributed by atoms with Crippen LogP contribution in [-0.2, 0) is 0 Å². The third-order valence-electron chi connectivity index (χ3n) is 3.46. The van der Waals surface area contributed by atoms with Gasteiger partial charge in [-0.05, 0) is 32.2 Å². The van der Waals surface area contributed by atoms with E-state index in [-0.39, 0.29) is 6.04 Å². The van der Waals surface area contributed by atoms with E-state index in [0.29, 0.717) is 13.0 Å². The number of benzene rings is 2. The molecule has 1 atom stereocenters. The molecular formula is C18H22N2O. The SMILES string of the molecule is CC(C)NC(C)(C#N)CCOc1cccc2ccccc12. The Morgan fingerprint density at radius 1 is 1.19 bits per heavy atom. The van der Waals surface area contributed by atoms with Gasteiger partial charge in [-0.3, -0.25) is 5.32 Å². The molecule has 21 heavy (non-hydrogen) atoms. The van der Waals surface area contributed by atoms with E-state index in [2.05, 4.69) is 29.6 Å². The Hall–Kier alpha value is -2.05. The zero-order valence-corrected chi connectivity index (χ0v) is 12.9. The molecule has 1 unspecified atom stereocenters. The molecule has 3 nitrogen and oxygen atoms in total. The standard InChI is InChI=1S/C18H22N2O/c1-14(2)20-18(3,13-19)11-12-21-17-10-6-8-15-7-4-5-9-16(15)17/h4-10,14,20H,11-12H2,1-3H3. The predicted molar refractivity (Wildman–Crippen MR) is 86.3 cm³/mol. The van der Waals surface area contributed by atoms with Crippen molar-refractivity contribution in [1.82, 2.24) is 5.32 Å². The quantitative estimate of drug-likeness (QED) is 0.874. The smallest absolute Gasteiger partial charge is 0.127 e. The molecule has 0 saturated carbocycles. The van der Waals surface area contributed by atoms with E-state index in [1.807, 2.05) is 45.0 Å². The van der Waals surface area contributed by atoms with Crippen molar-refractivity contribution in [2.75, 3.05) is 6.61 Å². The molecule has 1 N–H and O–H groups in total. The second-order valence-electron chi connectivity index (χ2n) is 5.82. The molecule has 2 aromatic rings. The van der Waals surface area contributed by atoms with Gasteiger partial charge in [0.25, 0.3) is 0 Å². The van der Waals surface area contributed by atoms with Gasteiger partial charge in [0, 0.05) is 17.8 Å². The number of hydrogen-bond donors (Lipinski definition) is 1. The molecule has 0 fully saturated rings. The number of nitrogens with one attached hydrogen (secondary N) is 1. The molecule has 0 aliphatic carbocycles. The number of hydrogen-bond acceptors (Lipinski definition) is 3. The molecule has 0 bridgehead atoms. The monoisotopic (exact) mass is 282 g/mol. The Bertz CT molecular complexity index is 640. The maximum atomic E-state index is 9.34. The lowest BCUT2D eigenvalue weighted by molar-refractivity contribution is 0.262. The van der Waals surface area contributed by atoms with Crippen molar-refractivity contribution in [2.24, 2.45) is 0 Å². The van der Waals surface area contributed by atoms with E-state index < -0.39 is 5.54 Å². The summed E-state index contributed by atoms with van der Waals surface area (Å²) in [6, 6.07) is 16.8. The van der Waals surface area contributed by atoms with Gasteiger partial charge in [-0.2, -0.15) is 5.26 Å². The van der Waals surface area contributed by atoms with E-state index in [9.17, 15) is 5.26 Å². The Labute approximate surface area is 126 Å². The highest BCUT2D eigenvalue weighted by molar-refractivity contribution is 5.88. The van der Waals surface area contributed by atoms with Gasteiger partial charge in [-0.1, -0.05) is 36.4 Å². The highest BCUT2D eigenvalue weighted by Crippen LogP contribution is 2.25. The Morgan fingerprint density at radius 2 is 1.90 bits per heavy atom. The van der Waals surface area contributed by atoms with Crippen LogP contribution in [0.5, 0.6) is 5.75 Å². The molecule has 0 aromatic heterocycles. The molecule has 0 heterocycles. The van der Waals surface area contributed by atoms with Gasteiger partial charge in [0.05, 0.1) is 12.7 Å². The number of ether oxygens (including phenoxy) is 1. The van der Waals surface area contributed by atoms with Gasteiger partial charge in [0.2, 0.25) is 0 Å². The minimum Gasteiger partial charge on any atom is -0.493 e. The molecule has 0 saturated heterocycles. The third kappa shape index (κ3) is 3.96. The molecule has 0 aliphatic rings. The second-order valence-corrected chi connectivity index (χ2v) is 5.82. The molecule has 0 spiro atoms. The average molecular weight is 282 g/mol. The molecule has 0 amide bonds. The fourth-order valence-corrected chi connectivity index (χ4v) is 2.48. The molecule has 0 radical (unpaired) electrons. The summed E-state index contributed by atoms with van der Waals surface area (Å²) in [5.74, 6) is 0.873. The normalized spacial score (nSPS) is 13.9. The fraction of sp³-hybridized carbons (Fsp3) is 0.389. The summed E-state index contributed by atoms with van der Waals surface area (Å²) in [4.78, 5) is 0. The second kappa shape index (κ2) is 6.60. The zero-order valence-electron chi connectivity index (χ0n) is 12.9. The summed E-state index contributed by atoms with van der Waals surface area (Å²) in [6.07, 6.45) is 0.644. The van der Waals surface area contributed by atoms with Crippen LogP contribution in [0.3, 0.4) is 0 Å². The summed E-state index contributed by atoms with van der Waals surface area (Å²) in [5.41, 5.74) is -0.557. The zero-order chi connectivity index (χ0) is 15.3. The van der Waals surface area contributed by atoms with Crippen LogP contribution in [0.4, 0.5) is 0 Å². The lowest BCUT2D eigenvalue weighted by Gasteiger charge is -2.25. The highest BCUT2D eigenvalue weighted by Gasteiger charge is 2.24. The van der Waals surface area contributed by atoms with Crippen LogP contribution < -0.4 is 10.1 Å². The van der Waals surface area contributed by atoms with E-state index >= 15 is 0 Å². The molecule has 110 valence electrons. The predicted octanol–water partition coefficient (Wildman–Crippen LogP) is 3.89. The number of nitrogens with zero attached hydrogens (tertiary/aromatic N) is 1. The maximum Gasteiger partial charge on any atom is 0.127 e. The van der Waals surface area contributed by atoms with Crippen LogP contribution in [0.2, 0.25) is 0 Å². The molecule has 3 heteroatoms. The van der Waals surface area contributed by atoms with Crippen LogP contribution in [-0.4, -0.2) is 18.2 Å². The Morgan fingerprint density at radius 3 is 2.62 bits per heavy atom. The van der Waals surface area contributed by atoms with E-state index in [1.54, 1.807) is 0 Å². The highest BCUT2D eigenvalue weighted by atomic mass is 16.5. The van der Waals surface area contributed by atoms with Crippen molar-refractivity contribution in [3.8, 4) is 11.8 Å². The van der Waals surface area contributed by atoms with E-state index in [1.165, 1.54) is 5.39 Å². The van der Waals surface area contributed by atoms with Crippen molar-refractivity contribution in [2.45, 2.75) is 38.8 Å². The molecule has 2 aromatic carbocycles. The third-order valence-corrected chi connectivity index (χ3v) is 3.46. The first-order chi connectivity index (χ1) is 10.0. The summed E-state index contributed by atoms with van der Waals surface area (Å²) >= 11 is 0. The average Bonchev–Trinajstić information content (AvgIpc) is 2.47. The minimum atomic E-state index is -0.557. The lowest BCUT2D eigenvalue weighted by atomic mass is 9.99. The van der Waals surface area contributed by atoms with Crippen LogP contribution in [0.15, 0.2) is 42.5 Å². The molecule has 2 rings (SSSR count). The van der Waals surface area contributed by atoms with Crippen LogP contribution >= 0.6 is 0 Å². The number of fused-ring (bicyclic) bond motifs is 1. The van der Waals surface area contributed by atoms with Crippen molar-refractivity contribution in [3.63, 3.8) is 0 Å². The van der Waals surface area contributed by atoms with Gasteiger partial charge in [0.1, 0.15) is 11.3 Å². The van der Waals surface area contributed by atoms with E-state index in [0.717, 1.165) is 11.1 Å². The first-order valence-corrected chi connectivity index (χ1v) is 7.33. The van der Waals surface area contributed by atoms with Gasteiger partial charge in [-0.25, -0.2) is 0 Å². The number of nitriles is 1. The van der Waals surface area contributed by atoms with Crippen LogP contribution in [0, 0.1) is 11.3 Å². The lowest BCUT2D eigenvalue weighted by Crippen LogP contribution is -2.45. The maximum absolute atomic E-state index is 9.34. The van der Waals surface area contributed by atoms with Crippen LogP contribution in [0.25, 0.3) is 10.8 Å². The van der Waals surface area contributed by atoms with Crippen LogP contribution in [0.1, 0.15) is 27.2 Å². The summed E-state index contributed by atoms with van der Waals surface area (Å²) < 4.78 is 5.91. The summed E-state index contributed by atoms with van der Waals surface area (Å²) in [6.45, 7) is 6.51. The summed E-state index contributed by atoms with van der Waals surface area (Å²) in [5, 5.41) is 14.9. The van der Waals surface area contributed by atoms with Gasteiger partial charge >= 0.3 is 0 Å². The van der Waals surface area contributed by atoms with Crippen molar-refractivity contribution in [1.29, 1.82) is 5.26 Å². The number of rotatable bonds is 6. The van der Waals surface area contributed by atoms with Crippen molar-refractivity contribution >= 4 is 10.8 Å². The Kier molecular flexibility index (Phi) is 4.82. The first-order valence-electron chi connectivity index (χ1n) is 7.33. The van der Waals surface area contributed by atoms with E-state index in [4.69, 9.17) is 4.74 Å². The molecule has 0 aliphatic heterocycles. The van der Waals surface area contributed by atoms with Gasteiger partial charge in [-0.15, -0.1) is 0 Å². The minimum absolute atomic E-state index is 0.271. The van der Waals surface area contributed by atoms with Crippen molar-refractivity contribution in [3.05, 3.63) is 42.5 Å². The van der Waals surface area contributed by atoms with Gasteiger partial charge in [0.15, 0.2) is 0 Å². The van der Waals surface area contributed by atoms with Gasteiger partial charge < -0.3 is 4.74 Å². The van der Waals surface area contributed by atoms with Crippen molar-refractivity contribution < 1.29 is 4.74 Å². The molecular weight excluding hydrogens is 260 g/mol. The largest absolute Gasteiger partial charge is 0.493 e. The Balaban J connectivity index is 2.04. The summed E-state index contributed by atoms with van der Waals surface area (Å²) in [7, 11) is 0. The topological polar surface area (TPSA) is 45.0 Å². The first kappa shape index (κ1) is 15.3. The fourth-order valence-electron chi connectivity index (χ4n) is 2.48.